The molecule has 0 rings (SSSR count). The van der Waals surface area contributed by atoms with E-state index in [1.165, 1.54) is 6.20 Å². The number of ether oxygens (including phenoxy) is 1. The Morgan fingerprint density at radius 3 is 2.81 bits per heavy atom. The van der Waals surface area contributed by atoms with Gasteiger partial charge in [0.15, 0.2) is 0 Å². The summed E-state index contributed by atoms with van der Waals surface area (Å²) in [5.74, 6) is 1.62. The molecule has 0 atom stereocenters. The van der Waals surface area contributed by atoms with E-state index in [2.05, 4.69) is 18.2 Å². The first-order valence-electron chi connectivity index (χ1n) is 4.84. The fourth-order valence-corrected chi connectivity index (χ4v) is 1.65. The molecule has 2 N–H and O–H groups in total. The third-order valence-corrected chi connectivity index (χ3v) is 2.54. The minimum absolute atomic E-state index is 0.152. The highest BCUT2D eigenvalue weighted by molar-refractivity contribution is 8.14. The summed E-state index contributed by atoms with van der Waals surface area (Å²) in [4.78, 5) is 4.06. The second kappa shape index (κ2) is 9.36. The molecule has 0 aromatic heterocycles. The van der Waals surface area contributed by atoms with E-state index < -0.39 is 0 Å². The zero-order valence-electron chi connectivity index (χ0n) is 9.41. The van der Waals surface area contributed by atoms with Gasteiger partial charge in [0, 0.05) is 12.2 Å². The summed E-state index contributed by atoms with van der Waals surface area (Å²) in [6.45, 7) is 10.0. The second-order valence-corrected chi connectivity index (χ2v) is 4.31. The predicted molar refractivity (Wildman–Crippen MR) is 73.6 cm³/mol. The number of hydrogen-bond acceptors (Lipinski definition) is 4. The van der Waals surface area contributed by atoms with Gasteiger partial charge in [0.25, 0.3) is 0 Å². The van der Waals surface area contributed by atoms with E-state index in [0.717, 1.165) is 23.0 Å². The summed E-state index contributed by atoms with van der Waals surface area (Å²) in [5.41, 5.74) is 5.25. The Bertz CT molecular complexity index is 296. The molecule has 16 heavy (non-hydrogen) atoms. The smallest absolute Gasteiger partial charge is 0.118 e. The van der Waals surface area contributed by atoms with Crippen molar-refractivity contribution in [3.8, 4) is 0 Å². The van der Waals surface area contributed by atoms with Gasteiger partial charge in [-0.25, -0.2) is 4.99 Å². The average molecular weight is 261 g/mol. The molecule has 0 radical (unpaired) electrons. The molecule has 3 nitrogen and oxygen atoms in total. The molecule has 0 unspecified atom stereocenters. The van der Waals surface area contributed by atoms with Crippen molar-refractivity contribution < 1.29 is 4.74 Å². The molecule has 0 spiro atoms. The minimum Gasteiger partial charge on any atom is -0.499 e. The maximum Gasteiger partial charge on any atom is 0.118 e. The van der Waals surface area contributed by atoms with E-state index in [1.807, 2.05) is 6.92 Å². The molecule has 0 amide bonds. The molecule has 0 aliphatic carbocycles. The first-order chi connectivity index (χ1) is 7.60. The van der Waals surface area contributed by atoms with Crippen LogP contribution in [0.1, 0.15) is 13.3 Å². The Balaban J connectivity index is 3.97. The Hall–Kier alpha value is -0.870. The van der Waals surface area contributed by atoms with Crippen molar-refractivity contribution in [1.29, 1.82) is 0 Å². The predicted octanol–water partition coefficient (Wildman–Crippen LogP) is 3.24. The van der Waals surface area contributed by atoms with Crippen molar-refractivity contribution in [2.24, 2.45) is 10.7 Å². The average Bonchev–Trinajstić information content (AvgIpc) is 2.23. The van der Waals surface area contributed by atoms with Crippen LogP contribution in [0.5, 0.6) is 0 Å². The maximum absolute atomic E-state index is 5.46. The van der Waals surface area contributed by atoms with Crippen LogP contribution in [-0.2, 0) is 4.74 Å². The molecule has 0 heterocycles. The van der Waals surface area contributed by atoms with Gasteiger partial charge in [-0.15, -0.1) is 11.8 Å². The molecule has 0 bridgehead atoms. The summed E-state index contributed by atoms with van der Waals surface area (Å²) in [5, 5.41) is 0.923. The van der Waals surface area contributed by atoms with Gasteiger partial charge < -0.3 is 10.5 Å². The second-order valence-electron chi connectivity index (χ2n) is 2.76. The lowest BCUT2D eigenvalue weighted by atomic mass is 10.4. The first kappa shape index (κ1) is 15.1. The van der Waals surface area contributed by atoms with Crippen molar-refractivity contribution in [1.82, 2.24) is 0 Å². The fraction of sp³-hybridized carbons (Fsp3) is 0.364. The number of aliphatic imine (C=N–C) groups is 1. The normalized spacial score (nSPS) is 12.4. The van der Waals surface area contributed by atoms with Crippen molar-refractivity contribution in [3.63, 3.8) is 0 Å². The summed E-state index contributed by atoms with van der Waals surface area (Å²) in [6.07, 6.45) is 3.83. The number of nitrogens with zero attached hydrogens (tertiary/aromatic N) is 1. The monoisotopic (exact) mass is 260 g/mol. The lowest BCUT2D eigenvalue weighted by molar-refractivity contribution is 0.223. The number of hydrogen-bond donors (Lipinski definition) is 1. The van der Waals surface area contributed by atoms with Crippen LogP contribution in [0.2, 0.25) is 0 Å². The SMILES string of the molecule is C=CC(=N/C=C(\N)Cl)SCCC(=C)OCC. The van der Waals surface area contributed by atoms with Gasteiger partial charge in [-0.1, -0.05) is 24.8 Å². The van der Waals surface area contributed by atoms with E-state index in [9.17, 15) is 0 Å². The van der Waals surface area contributed by atoms with Gasteiger partial charge >= 0.3 is 0 Å². The Labute approximate surface area is 106 Å². The molecule has 0 aliphatic rings. The molecule has 5 heteroatoms. The molecular weight excluding hydrogens is 244 g/mol. The molecule has 0 aromatic carbocycles. The zero-order valence-corrected chi connectivity index (χ0v) is 11.0. The summed E-state index contributed by atoms with van der Waals surface area (Å²) in [7, 11) is 0. The van der Waals surface area contributed by atoms with Gasteiger partial charge in [0.05, 0.1) is 23.6 Å². The van der Waals surface area contributed by atoms with E-state index >= 15 is 0 Å². The standard InChI is InChI=1S/C11H17ClN2OS/c1-4-11(14-8-10(12)13)16-7-6-9(3)15-5-2/h4,8H,1,3,5-7,13H2,2H3/b10-8-,14-11?. The molecule has 0 aromatic rings. The molecular formula is C11H17ClN2OS. The highest BCUT2D eigenvalue weighted by Crippen LogP contribution is 2.12. The van der Waals surface area contributed by atoms with Gasteiger partial charge in [-0.3, -0.25) is 0 Å². The highest BCUT2D eigenvalue weighted by atomic mass is 35.5. The van der Waals surface area contributed by atoms with E-state index in [0.29, 0.717) is 6.61 Å². The van der Waals surface area contributed by atoms with Crippen LogP contribution in [0, 0.1) is 0 Å². The van der Waals surface area contributed by atoms with Crippen molar-refractivity contribution in [3.05, 3.63) is 36.3 Å². The third kappa shape index (κ3) is 8.44. The largest absolute Gasteiger partial charge is 0.499 e. The Morgan fingerprint density at radius 2 is 2.31 bits per heavy atom. The van der Waals surface area contributed by atoms with Crippen molar-refractivity contribution >= 4 is 28.4 Å². The highest BCUT2D eigenvalue weighted by Gasteiger charge is 1.97. The fourth-order valence-electron chi connectivity index (χ4n) is 0.820. The topological polar surface area (TPSA) is 47.6 Å². The first-order valence-corrected chi connectivity index (χ1v) is 6.21. The summed E-state index contributed by atoms with van der Waals surface area (Å²) >= 11 is 7.01. The molecule has 0 aliphatic heterocycles. The molecule has 0 saturated heterocycles. The van der Waals surface area contributed by atoms with E-state index in [-0.39, 0.29) is 5.16 Å². The maximum atomic E-state index is 5.46. The molecule has 0 fully saturated rings. The van der Waals surface area contributed by atoms with Crippen LogP contribution in [0.25, 0.3) is 0 Å². The third-order valence-electron chi connectivity index (χ3n) is 1.47. The van der Waals surface area contributed by atoms with Crippen molar-refractivity contribution in [2.45, 2.75) is 13.3 Å². The van der Waals surface area contributed by atoms with Gasteiger partial charge in [0.1, 0.15) is 5.16 Å². The van der Waals surface area contributed by atoms with Crippen LogP contribution in [-0.4, -0.2) is 17.4 Å². The van der Waals surface area contributed by atoms with Crippen LogP contribution in [0.3, 0.4) is 0 Å². The number of rotatable bonds is 7. The number of allylic oxidation sites excluding steroid dienone is 1. The quantitative estimate of drug-likeness (QED) is 0.331. The van der Waals surface area contributed by atoms with Gasteiger partial charge in [0.2, 0.25) is 0 Å². The van der Waals surface area contributed by atoms with E-state index in [4.69, 9.17) is 22.1 Å². The van der Waals surface area contributed by atoms with E-state index in [1.54, 1.807) is 17.8 Å². The zero-order chi connectivity index (χ0) is 12.4. The lowest BCUT2D eigenvalue weighted by Crippen LogP contribution is -1.95. The number of nitrogens with two attached hydrogens (primary N) is 1. The summed E-state index contributed by atoms with van der Waals surface area (Å²) < 4.78 is 5.23. The van der Waals surface area contributed by atoms with Crippen molar-refractivity contribution in [2.75, 3.05) is 12.4 Å². The minimum atomic E-state index is 0.152. The van der Waals surface area contributed by atoms with Crippen LogP contribution in [0.15, 0.2) is 41.3 Å². The van der Waals surface area contributed by atoms with Gasteiger partial charge in [-0.2, -0.15) is 0 Å². The Kier molecular flexibility index (Phi) is 8.85. The summed E-state index contributed by atoms with van der Waals surface area (Å²) in [6, 6.07) is 0. The number of thioether (sulfide) groups is 1. The lowest BCUT2D eigenvalue weighted by Gasteiger charge is -2.05. The Morgan fingerprint density at radius 1 is 1.62 bits per heavy atom. The van der Waals surface area contributed by atoms with Gasteiger partial charge in [-0.05, 0) is 13.0 Å². The molecule has 0 saturated carbocycles. The molecule has 90 valence electrons. The van der Waals surface area contributed by atoms with Crippen LogP contribution >= 0.6 is 23.4 Å². The van der Waals surface area contributed by atoms with Crippen LogP contribution < -0.4 is 5.73 Å². The van der Waals surface area contributed by atoms with Crippen LogP contribution in [0.4, 0.5) is 0 Å². The number of halogens is 1.